The van der Waals surface area contributed by atoms with Crippen LogP contribution in [0, 0.1) is 13.8 Å². The van der Waals surface area contributed by atoms with Gasteiger partial charge in [0.2, 0.25) is 0 Å². The quantitative estimate of drug-likeness (QED) is 0.752. The molecule has 0 fully saturated rings. The Balaban J connectivity index is 1.93. The first-order chi connectivity index (χ1) is 11.9. The van der Waals surface area contributed by atoms with Crippen molar-refractivity contribution in [1.82, 2.24) is 5.32 Å². The van der Waals surface area contributed by atoms with E-state index < -0.39 is 6.10 Å². The number of aryl methyl sites for hydroxylation is 2. The van der Waals surface area contributed by atoms with Gasteiger partial charge in [0.25, 0.3) is 0 Å². The number of rotatable bonds is 6. The third-order valence-corrected chi connectivity index (χ3v) is 4.01. The summed E-state index contributed by atoms with van der Waals surface area (Å²) >= 11 is 0. The maximum atomic E-state index is 12.0. The lowest BCUT2D eigenvalue weighted by atomic mass is 10.1. The zero-order valence-electron chi connectivity index (χ0n) is 14.9. The van der Waals surface area contributed by atoms with Crippen LogP contribution in [0.15, 0.2) is 36.4 Å². The van der Waals surface area contributed by atoms with Crippen molar-refractivity contribution < 1.29 is 19.4 Å². The maximum absolute atomic E-state index is 12.0. The fourth-order valence-corrected chi connectivity index (χ4v) is 2.36. The molecule has 6 nitrogen and oxygen atoms in total. The summed E-state index contributed by atoms with van der Waals surface area (Å²) in [6, 6.07) is 10.5. The molecule has 2 aromatic rings. The average Bonchev–Trinajstić information content (AvgIpc) is 2.62. The predicted octanol–water partition coefficient (Wildman–Crippen LogP) is 3.18. The number of carbonyl (C=O) groups excluding carboxylic acids is 1. The van der Waals surface area contributed by atoms with Gasteiger partial charge in [-0.1, -0.05) is 12.1 Å². The van der Waals surface area contributed by atoms with Crippen LogP contribution >= 0.6 is 0 Å². The molecule has 0 spiro atoms. The highest BCUT2D eigenvalue weighted by atomic mass is 16.5. The molecule has 1 atom stereocenters. The molecule has 0 saturated carbocycles. The second-order valence-electron chi connectivity index (χ2n) is 5.76. The number of ether oxygens (including phenoxy) is 2. The Bertz CT molecular complexity index is 746. The molecule has 0 aliphatic carbocycles. The van der Waals surface area contributed by atoms with E-state index in [1.165, 1.54) is 7.11 Å². The third-order valence-electron chi connectivity index (χ3n) is 4.01. The van der Waals surface area contributed by atoms with E-state index >= 15 is 0 Å². The highest BCUT2D eigenvalue weighted by molar-refractivity contribution is 5.89. The van der Waals surface area contributed by atoms with E-state index in [-0.39, 0.29) is 12.6 Å². The molecule has 0 saturated heterocycles. The lowest BCUT2D eigenvalue weighted by Crippen LogP contribution is -2.32. The highest BCUT2D eigenvalue weighted by Gasteiger charge is 2.13. The predicted molar refractivity (Wildman–Crippen MR) is 97.4 cm³/mol. The highest BCUT2D eigenvalue weighted by Crippen LogP contribution is 2.29. The van der Waals surface area contributed by atoms with Gasteiger partial charge >= 0.3 is 6.03 Å². The number of carbonyl (C=O) groups is 1. The van der Waals surface area contributed by atoms with Crippen molar-refractivity contribution in [3.05, 3.63) is 53.1 Å². The van der Waals surface area contributed by atoms with Crippen LogP contribution < -0.4 is 20.1 Å². The van der Waals surface area contributed by atoms with Crippen LogP contribution in [0.25, 0.3) is 0 Å². The molecule has 6 heteroatoms. The molecule has 0 aliphatic rings. The van der Waals surface area contributed by atoms with Gasteiger partial charge in [-0.2, -0.15) is 0 Å². The summed E-state index contributed by atoms with van der Waals surface area (Å²) in [7, 11) is 3.08. The Labute approximate surface area is 147 Å². The number of hydrogen-bond acceptors (Lipinski definition) is 4. The number of nitrogens with one attached hydrogen (secondary N) is 2. The van der Waals surface area contributed by atoms with E-state index in [0.29, 0.717) is 22.7 Å². The van der Waals surface area contributed by atoms with Crippen molar-refractivity contribution in [2.75, 3.05) is 26.1 Å². The minimum absolute atomic E-state index is 0.0756. The maximum Gasteiger partial charge on any atom is 0.319 e. The molecule has 2 aromatic carbocycles. The number of aliphatic hydroxyl groups excluding tert-OH is 1. The van der Waals surface area contributed by atoms with Crippen LogP contribution in [0.1, 0.15) is 22.8 Å². The van der Waals surface area contributed by atoms with Crippen molar-refractivity contribution in [2.45, 2.75) is 20.0 Å². The van der Waals surface area contributed by atoms with Crippen molar-refractivity contribution in [2.24, 2.45) is 0 Å². The molecule has 0 aromatic heterocycles. The molecule has 3 N–H and O–H groups in total. The Morgan fingerprint density at radius 1 is 1.04 bits per heavy atom. The van der Waals surface area contributed by atoms with Gasteiger partial charge in [-0.15, -0.1) is 0 Å². The van der Waals surface area contributed by atoms with E-state index in [9.17, 15) is 9.90 Å². The lowest BCUT2D eigenvalue weighted by molar-refractivity contribution is 0.174. The molecule has 0 bridgehead atoms. The van der Waals surface area contributed by atoms with Gasteiger partial charge in [0, 0.05) is 12.2 Å². The molecular weight excluding hydrogens is 320 g/mol. The summed E-state index contributed by atoms with van der Waals surface area (Å²) in [6.07, 6.45) is -0.856. The Kier molecular flexibility index (Phi) is 6.25. The minimum Gasteiger partial charge on any atom is -0.493 e. The minimum atomic E-state index is -0.856. The van der Waals surface area contributed by atoms with Gasteiger partial charge in [0.15, 0.2) is 11.5 Å². The molecule has 134 valence electrons. The van der Waals surface area contributed by atoms with Crippen LogP contribution in [0.4, 0.5) is 10.5 Å². The van der Waals surface area contributed by atoms with Gasteiger partial charge in [-0.3, -0.25) is 0 Å². The molecule has 0 heterocycles. The van der Waals surface area contributed by atoms with E-state index in [1.54, 1.807) is 25.3 Å². The Morgan fingerprint density at radius 2 is 1.76 bits per heavy atom. The number of aliphatic hydroxyl groups is 1. The van der Waals surface area contributed by atoms with E-state index in [2.05, 4.69) is 10.6 Å². The summed E-state index contributed by atoms with van der Waals surface area (Å²) in [5.74, 6) is 1.11. The molecule has 2 amide bonds. The molecule has 25 heavy (non-hydrogen) atoms. The van der Waals surface area contributed by atoms with Gasteiger partial charge in [0.1, 0.15) is 0 Å². The molecule has 0 radical (unpaired) electrons. The monoisotopic (exact) mass is 344 g/mol. The smallest absolute Gasteiger partial charge is 0.319 e. The normalized spacial score (nSPS) is 11.6. The molecule has 0 unspecified atom stereocenters. The first kappa shape index (κ1) is 18.6. The average molecular weight is 344 g/mol. The summed E-state index contributed by atoms with van der Waals surface area (Å²) in [4.78, 5) is 12.0. The van der Waals surface area contributed by atoms with Crippen LogP contribution in [0.5, 0.6) is 11.5 Å². The summed E-state index contributed by atoms with van der Waals surface area (Å²) in [6.45, 7) is 4.07. The Hall–Kier alpha value is -2.73. The number of anilines is 1. The topological polar surface area (TPSA) is 79.8 Å². The van der Waals surface area contributed by atoms with Crippen LogP contribution in [-0.4, -0.2) is 31.9 Å². The van der Waals surface area contributed by atoms with Gasteiger partial charge in [-0.05, 0) is 54.8 Å². The number of methoxy groups -OCH3 is 2. The van der Waals surface area contributed by atoms with Crippen LogP contribution in [0.2, 0.25) is 0 Å². The van der Waals surface area contributed by atoms with E-state index in [1.807, 2.05) is 32.0 Å². The fourth-order valence-electron chi connectivity index (χ4n) is 2.36. The second kappa shape index (κ2) is 8.39. The molecular formula is C19H24N2O4. The van der Waals surface area contributed by atoms with Crippen molar-refractivity contribution in [1.29, 1.82) is 0 Å². The van der Waals surface area contributed by atoms with E-state index in [0.717, 1.165) is 11.1 Å². The lowest BCUT2D eigenvalue weighted by Gasteiger charge is -2.15. The molecule has 2 rings (SSSR count). The van der Waals surface area contributed by atoms with Crippen molar-refractivity contribution >= 4 is 11.7 Å². The van der Waals surface area contributed by atoms with Gasteiger partial charge in [-0.25, -0.2) is 4.79 Å². The second-order valence-corrected chi connectivity index (χ2v) is 5.76. The number of hydrogen-bond donors (Lipinski definition) is 3. The zero-order valence-corrected chi connectivity index (χ0v) is 14.9. The SMILES string of the molecule is COc1ccc([C@H](O)CNC(=O)Nc2ccc(C)c(C)c2)cc1OC. The largest absolute Gasteiger partial charge is 0.493 e. The van der Waals surface area contributed by atoms with Crippen LogP contribution in [0.3, 0.4) is 0 Å². The number of urea groups is 1. The van der Waals surface area contributed by atoms with E-state index in [4.69, 9.17) is 9.47 Å². The first-order valence-electron chi connectivity index (χ1n) is 7.96. The van der Waals surface area contributed by atoms with Gasteiger partial charge in [0.05, 0.1) is 20.3 Å². The zero-order chi connectivity index (χ0) is 18.4. The summed E-state index contributed by atoms with van der Waals surface area (Å²) in [5.41, 5.74) is 3.60. The molecule has 0 aliphatic heterocycles. The summed E-state index contributed by atoms with van der Waals surface area (Å²) < 4.78 is 10.4. The summed E-state index contributed by atoms with van der Waals surface area (Å²) in [5, 5.41) is 15.7. The van der Waals surface area contributed by atoms with Gasteiger partial charge < -0.3 is 25.2 Å². The third kappa shape index (κ3) is 4.87. The fraction of sp³-hybridized carbons (Fsp3) is 0.316. The van der Waals surface area contributed by atoms with Crippen molar-refractivity contribution in [3.63, 3.8) is 0 Å². The Morgan fingerprint density at radius 3 is 2.40 bits per heavy atom. The number of benzene rings is 2. The van der Waals surface area contributed by atoms with Crippen LogP contribution in [-0.2, 0) is 0 Å². The standard InChI is InChI=1S/C19H24N2O4/c1-12-5-7-15(9-13(12)2)21-19(23)20-11-16(22)14-6-8-17(24-3)18(10-14)25-4/h5-10,16,22H,11H2,1-4H3,(H2,20,21,23)/t16-/m1/s1. The first-order valence-corrected chi connectivity index (χ1v) is 7.96. The van der Waals surface area contributed by atoms with Crippen molar-refractivity contribution in [3.8, 4) is 11.5 Å². The number of amides is 2.